The summed E-state index contributed by atoms with van der Waals surface area (Å²) in [5, 5.41) is 3.41. The molecule has 1 atom stereocenters. The van der Waals surface area contributed by atoms with Crippen molar-refractivity contribution in [3.63, 3.8) is 0 Å². The van der Waals surface area contributed by atoms with E-state index in [1.165, 1.54) is 25.7 Å². The van der Waals surface area contributed by atoms with Gasteiger partial charge in [-0.3, -0.25) is 4.98 Å². The number of nitrogens with one attached hydrogen (secondary N) is 1. The van der Waals surface area contributed by atoms with Crippen LogP contribution >= 0.6 is 11.8 Å². The molecule has 1 aromatic heterocycles. The fourth-order valence-electron chi connectivity index (χ4n) is 2.30. The zero-order valence-corrected chi connectivity index (χ0v) is 12.3. The molecule has 4 nitrogen and oxygen atoms in total. The molecule has 0 aromatic carbocycles. The Kier molecular flexibility index (Phi) is 4.82. The summed E-state index contributed by atoms with van der Waals surface area (Å²) in [6, 6.07) is 3.51. The molecule has 0 radical (unpaired) electrons. The van der Waals surface area contributed by atoms with Crippen LogP contribution in [0.4, 0.5) is 0 Å². The van der Waals surface area contributed by atoms with Crippen molar-refractivity contribution in [2.24, 2.45) is 0 Å². The van der Waals surface area contributed by atoms with Crippen LogP contribution in [0.5, 0.6) is 0 Å². The number of rotatable bonds is 5. The van der Waals surface area contributed by atoms with Crippen molar-refractivity contribution in [1.29, 1.82) is 0 Å². The van der Waals surface area contributed by atoms with Crippen molar-refractivity contribution in [3.05, 3.63) is 29.6 Å². The number of carbonyl (C=O) groups is 1. The third-order valence-corrected chi connectivity index (χ3v) is 4.93. The van der Waals surface area contributed by atoms with Crippen LogP contribution in [0.1, 0.15) is 35.8 Å². The van der Waals surface area contributed by atoms with Gasteiger partial charge in [0.2, 0.25) is 0 Å². The number of pyridine rings is 1. The van der Waals surface area contributed by atoms with Gasteiger partial charge in [0.25, 0.3) is 0 Å². The first kappa shape index (κ1) is 14.3. The van der Waals surface area contributed by atoms with Crippen molar-refractivity contribution in [1.82, 2.24) is 10.3 Å². The molecule has 0 spiro atoms. The molecule has 19 heavy (non-hydrogen) atoms. The van der Waals surface area contributed by atoms with E-state index in [9.17, 15) is 4.79 Å². The maximum absolute atomic E-state index is 11.6. The van der Waals surface area contributed by atoms with Gasteiger partial charge < -0.3 is 10.1 Å². The zero-order chi connectivity index (χ0) is 13.7. The van der Waals surface area contributed by atoms with Gasteiger partial charge in [-0.15, -0.1) is 0 Å². The second-order valence-corrected chi connectivity index (χ2v) is 6.68. The highest BCUT2D eigenvalue weighted by Gasteiger charge is 2.28. The van der Waals surface area contributed by atoms with Crippen LogP contribution in [-0.4, -0.2) is 35.1 Å². The number of nitrogens with zero attached hydrogens (tertiary/aromatic N) is 1. The Bertz CT molecular complexity index is 445. The van der Waals surface area contributed by atoms with E-state index in [0.29, 0.717) is 16.9 Å². The summed E-state index contributed by atoms with van der Waals surface area (Å²) in [6.45, 7) is 3.83. The molecule has 0 saturated carbocycles. The van der Waals surface area contributed by atoms with Crippen molar-refractivity contribution in [2.45, 2.75) is 31.1 Å². The van der Waals surface area contributed by atoms with Gasteiger partial charge >= 0.3 is 5.97 Å². The van der Waals surface area contributed by atoms with Crippen LogP contribution in [0.25, 0.3) is 0 Å². The smallest absolute Gasteiger partial charge is 0.339 e. The van der Waals surface area contributed by atoms with E-state index >= 15 is 0 Å². The average molecular weight is 280 g/mol. The topological polar surface area (TPSA) is 51.2 Å². The lowest BCUT2D eigenvalue weighted by Crippen LogP contribution is -2.33. The van der Waals surface area contributed by atoms with Gasteiger partial charge in [0.15, 0.2) is 0 Å². The minimum Gasteiger partial charge on any atom is -0.465 e. The first-order chi connectivity index (χ1) is 9.14. The highest BCUT2D eigenvalue weighted by molar-refractivity contribution is 8.00. The van der Waals surface area contributed by atoms with Crippen molar-refractivity contribution >= 4 is 17.7 Å². The summed E-state index contributed by atoms with van der Waals surface area (Å²) >= 11 is 2.02. The molecule has 1 fully saturated rings. The summed E-state index contributed by atoms with van der Waals surface area (Å²) in [5.74, 6) is 0.918. The molecular formula is C14H20N2O2S. The Labute approximate surface area is 118 Å². The first-order valence-electron chi connectivity index (χ1n) is 6.51. The van der Waals surface area contributed by atoms with Crippen LogP contribution in [0, 0.1) is 0 Å². The Morgan fingerprint density at radius 2 is 2.47 bits per heavy atom. The normalized spacial score (nSPS) is 22.4. The number of esters is 1. The van der Waals surface area contributed by atoms with Gasteiger partial charge in [0.05, 0.1) is 18.4 Å². The molecule has 2 heterocycles. The maximum atomic E-state index is 11.6. The van der Waals surface area contributed by atoms with Gasteiger partial charge in [-0.2, -0.15) is 11.8 Å². The highest BCUT2D eigenvalue weighted by Crippen LogP contribution is 2.36. The van der Waals surface area contributed by atoms with Gasteiger partial charge in [-0.25, -0.2) is 4.79 Å². The van der Waals surface area contributed by atoms with E-state index in [1.807, 2.05) is 11.8 Å². The van der Waals surface area contributed by atoms with E-state index in [1.54, 1.807) is 18.3 Å². The first-order valence-corrected chi connectivity index (χ1v) is 7.50. The molecule has 5 heteroatoms. The molecule has 0 amide bonds. The number of aromatic nitrogens is 1. The number of hydrogen-bond donors (Lipinski definition) is 1. The van der Waals surface area contributed by atoms with Gasteiger partial charge in [-0.05, 0) is 37.7 Å². The number of methoxy groups -OCH3 is 1. The monoisotopic (exact) mass is 280 g/mol. The van der Waals surface area contributed by atoms with Crippen LogP contribution in [-0.2, 0) is 11.3 Å². The molecule has 104 valence electrons. The van der Waals surface area contributed by atoms with Gasteiger partial charge in [-0.1, -0.05) is 0 Å². The zero-order valence-electron chi connectivity index (χ0n) is 11.4. The second kappa shape index (κ2) is 6.39. The third-order valence-electron chi connectivity index (χ3n) is 3.39. The van der Waals surface area contributed by atoms with Gasteiger partial charge in [0.1, 0.15) is 0 Å². The molecule has 2 rings (SSSR count). The number of ether oxygens (including phenoxy) is 1. The van der Waals surface area contributed by atoms with Crippen LogP contribution < -0.4 is 5.32 Å². The van der Waals surface area contributed by atoms with E-state index in [4.69, 9.17) is 4.74 Å². The van der Waals surface area contributed by atoms with E-state index < -0.39 is 0 Å². The van der Waals surface area contributed by atoms with E-state index in [0.717, 1.165) is 12.2 Å². The lowest BCUT2D eigenvalue weighted by atomic mass is 10.1. The standard InChI is InChI=1S/C14H20N2O2S/c1-14(6-4-8-19-14)10-15-9-12-11(13(17)18-2)5-3-7-16-12/h3,5,7,15H,4,6,8-10H2,1-2H3. The molecule has 1 aromatic rings. The van der Waals surface area contributed by atoms with E-state index in [2.05, 4.69) is 17.2 Å². The Morgan fingerprint density at radius 3 is 3.16 bits per heavy atom. The molecule has 1 saturated heterocycles. The van der Waals surface area contributed by atoms with Crippen LogP contribution in [0.2, 0.25) is 0 Å². The maximum Gasteiger partial charge on any atom is 0.339 e. The molecule has 0 bridgehead atoms. The predicted molar refractivity (Wildman–Crippen MR) is 77.4 cm³/mol. The average Bonchev–Trinajstić information content (AvgIpc) is 2.85. The highest BCUT2D eigenvalue weighted by atomic mass is 32.2. The number of hydrogen-bond acceptors (Lipinski definition) is 5. The summed E-state index contributed by atoms with van der Waals surface area (Å²) in [7, 11) is 1.39. The summed E-state index contributed by atoms with van der Waals surface area (Å²) in [4.78, 5) is 15.9. The minimum atomic E-state index is -0.327. The fourth-order valence-corrected chi connectivity index (χ4v) is 3.57. The number of thioether (sulfide) groups is 1. The Morgan fingerprint density at radius 1 is 1.63 bits per heavy atom. The third kappa shape index (κ3) is 3.70. The van der Waals surface area contributed by atoms with Crippen molar-refractivity contribution in [3.8, 4) is 0 Å². The molecule has 1 aliphatic heterocycles. The fraction of sp³-hybridized carbons (Fsp3) is 0.571. The lowest BCUT2D eigenvalue weighted by molar-refractivity contribution is 0.0598. The molecule has 1 aliphatic rings. The minimum absolute atomic E-state index is 0.320. The Balaban J connectivity index is 1.94. The SMILES string of the molecule is COC(=O)c1cccnc1CNCC1(C)CCCS1. The molecule has 0 aliphatic carbocycles. The molecule has 1 N–H and O–H groups in total. The molecule has 1 unspecified atom stereocenters. The predicted octanol–water partition coefficient (Wildman–Crippen LogP) is 2.24. The number of carbonyl (C=O) groups excluding carboxylic acids is 1. The molecular weight excluding hydrogens is 260 g/mol. The van der Waals surface area contributed by atoms with Crippen molar-refractivity contribution < 1.29 is 9.53 Å². The summed E-state index contributed by atoms with van der Waals surface area (Å²) in [5.41, 5.74) is 1.29. The van der Waals surface area contributed by atoms with Gasteiger partial charge in [0, 0.05) is 24.0 Å². The lowest BCUT2D eigenvalue weighted by Gasteiger charge is -2.23. The van der Waals surface area contributed by atoms with Crippen molar-refractivity contribution in [2.75, 3.05) is 19.4 Å². The Hall–Kier alpha value is -1.07. The van der Waals surface area contributed by atoms with Crippen LogP contribution in [0.15, 0.2) is 18.3 Å². The second-order valence-electron chi connectivity index (χ2n) is 4.99. The summed E-state index contributed by atoms with van der Waals surface area (Å²) < 4.78 is 5.09. The largest absolute Gasteiger partial charge is 0.465 e. The van der Waals surface area contributed by atoms with Crippen LogP contribution in [0.3, 0.4) is 0 Å². The van der Waals surface area contributed by atoms with E-state index in [-0.39, 0.29) is 5.97 Å². The summed E-state index contributed by atoms with van der Waals surface area (Å²) in [6.07, 6.45) is 4.24. The quantitative estimate of drug-likeness (QED) is 0.838.